The lowest BCUT2D eigenvalue weighted by Gasteiger charge is -2.21. The number of allylic oxidation sites excluding steroid dienone is 1. The molecule has 3 atom stereocenters. The van der Waals surface area contributed by atoms with Gasteiger partial charge in [-0.05, 0) is 33.1 Å². The highest BCUT2D eigenvalue weighted by Gasteiger charge is 2.37. The number of halogens is 6. The van der Waals surface area contributed by atoms with Crippen LogP contribution in [0.1, 0.15) is 38.9 Å². The standard InChI is InChI=1S/C15H19F6N5O/c1-6(11(17)18)22-13-24-12(8-4-3-5-9(27)10(8)16)25-14(26-13)23-7(2)15(19,20)21/h6-7,9,11,27H,3-5H2,1-2H3,(H2,22,23,24,25,26)/t6?,7-,9?/m1/s1. The van der Waals surface area contributed by atoms with E-state index in [9.17, 15) is 31.4 Å². The maximum atomic E-state index is 14.2. The summed E-state index contributed by atoms with van der Waals surface area (Å²) < 4.78 is 78.0. The predicted molar refractivity (Wildman–Crippen MR) is 85.9 cm³/mol. The summed E-state index contributed by atoms with van der Waals surface area (Å²) in [6.45, 7) is 1.95. The molecular weight excluding hydrogens is 380 g/mol. The van der Waals surface area contributed by atoms with Crippen molar-refractivity contribution in [3.8, 4) is 0 Å². The smallest absolute Gasteiger partial charge is 0.386 e. The van der Waals surface area contributed by atoms with Crippen LogP contribution in [-0.4, -0.2) is 50.8 Å². The Morgan fingerprint density at radius 2 is 1.67 bits per heavy atom. The highest BCUT2D eigenvalue weighted by Crippen LogP contribution is 2.32. The molecule has 0 spiro atoms. The summed E-state index contributed by atoms with van der Waals surface area (Å²) in [6.07, 6.45) is -8.03. The lowest BCUT2D eigenvalue weighted by Crippen LogP contribution is -2.34. The van der Waals surface area contributed by atoms with E-state index in [0.29, 0.717) is 6.42 Å². The first kappa shape index (κ1) is 21.2. The molecule has 0 saturated carbocycles. The van der Waals surface area contributed by atoms with E-state index in [1.54, 1.807) is 0 Å². The average molecular weight is 399 g/mol. The molecule has 0 aromatic carbocycles. The summed E-state index contributed by atoms with van der Waals surface area (Å²) in [5.74, 6) is -2.18. The Labute approximate surface area is 151 Å². The van der Waals surface area contributed by atoms with Crippen molar-refractivity contribution in [1.82, 2.24) is 15.0 Å². The van der Waals surface area contributed by atoms with Crippen LogP contribution in [0.15, 0.2) is 5.83 Å². The van der Waals surface area contributed by atoms with Crippen molar-refractivity contribution in [2.75, 3.05) is 10.6 Å². The van der Waals surface area contributed by atoms with Crippen molar-refractivity contribution in [2.24, 2.45) is 0 Å². The van der Waals surface area contributed by atoms with E-state index in [4.69, 9.17) is 0 Å². The third-order valence-electron chi connectivity index (χ3n) is 3.96. The van der Waals surface area contributed by atoms with E-state index in [-0.39, 0.29) is 24.2 Å². The molecule has 2 unspecified atom stereocenters. The second-order valence-corrected chi connectivity index (χ2v) is 6.22. The molecule has 6 nitrogen and oxygen atoms in total. The van der Waals surface area contributed by atoms with Gasteiger partial charge in [0.05, 0.1) is 6.04 Å². The molecule has 1 aromatic heterocycles. The molecule has 12 heteroatoms. The quantitative estimate of drug-likeness (QED) is 0.635. The topological polar surface area (TPSA) is 83.0 Å². The van der Waals surface area contributed by atoms with Crippen molar-refractivity contribution >= 4 is 17.5 Å². The fraction of sp³-hybridized carbons (Fsp3) is 0.667. The second-order valence-electron chi connectivity index (χ2n) is 6.22. The first-order chi connectivity index (χ1) is 12.5. The molecule has 1 heterocycles. The molecule has 0 saturated heterocycles. The molecule has 0 amide bonds. The van der Waals surface area contributed by atoms with Gasteiger partial charge in [-0.2, -0.15) is 28.1 Å². The molecule has 152 valence electrons. The lowest BCUT2D eigenvalue weighted by atomic mass is 9.96. The SMILES string of the molecule is CC(Nc1nc(N[C@H](C)C(F)(F)F)nc(C2=C(F)C(O)CCC2)n1)C(F)F. The normalized spacial score (nSPS) is 20.6. The second kappa shape index (κ2) is 8.28. The van der Waals surface area contributed by atoms with Crippen LogP contribution >= 0.6 is 0 Å². The Kier molecular flexibility index (Phi) is 6.50. The fourth-order valence-electron chi connectivity index (χ4n) is 2.32. The molecule has 1 aliphatic carbocycles. The summed E-state index contributed by atoms with van der Waals surface area (Å²) in [5.41, 5.74) is -0.0911. The first-order valence-electron chi connectivity index (χ1n) is 8.20. The Bertz CT molecular complexity index is 696. The highest BCUT2D eigenvalue weighted by molar-refractivity contribution is 5.65. The molecule has 1 aliphatic rings. The highest BCUT2D eigenvalue weighted by atomic mass is 19.4. The van der Waals surface area contributed by atoms with Gasteiger partial charge in [-0.1, -0.05) is 0 Å². The van der Waals surface area contributed by atoms with Crippen LogP contribution in [0.2, 0.25) is 0 Å². The van der Waals surface area contributed by atoms with Crippen LogP contribution in [0.3, 0.4) is 0 Å². The van der Waals surface area contributed by atoms with Crippen LogP contribution in [0.5, 0.6) is 0 Å². The molecule has 2 rings (SSSR count). The number of anilines is 2. The Morgan fingerprint density at radius 3 is 2.22 bits per heavy atom. The van der Waals surface area contributed by atoms with Gasteiger partial charge in [0.1, 0.15) is 18.0 Å². The summed E-state index contributed by atoms with van der Waals surface area (Å²) in [5, 5.41) is 13.9. The molecule has 0 aliphatic heterocycles. The third-order valence-corrected chi connectivity index (χ3v) is 3.96. The van der Waals surface area contributed by atoms with E-state index in [0.717, 1.165) is 13.8 Å². The number of aromatic nitrogens is 3. The van der Waals surface area contributed by atoms with Crippen molar-refractivity contribution in [2.45, 2.75) is 63.9 Å². The van der Waals surface area contributed by atoms with Crippen LogP contribution in [0.4, 0.5) is 38.2 Å². The number of hydrogen-bond donors (Lipinski definition) is 3. The van der Waals surface area contributed by atoms with Crippen molar-refractivity contribution in [1.29, 1.82) is 0 Å². The van der Waals surface area contributed by atoms with Gasteiger partial charge in [0.25, 0.3) is 6.43 Å². The van der Waals surface area contributed by atoms with Gasteiger partial charge >= 0.3 is 6.18 Å². The largest absolute Gasteiger partial charge is 0.408 e. The fourth-order valence-corrected chi connectivity index (χ4v) is 2.32. The Balaban J connectivity index is 2.43. The average Bonchev–Trinajstić information content (AvgIpc) is 2.56. The number of hydrogen-bond acceptors (Lipinski definition) is 6. The minimum Gasteiger partial charge on any atom is -0.386 e. The molecular formula is C15H19F6N5O. The zero-order valence-electron chi connectivity index (χ0n) is 14.5. The molecule has 0 bridgehead atoms. The molecule has 0 fully saturated rings. The maximum Gasteiger partial charge on any atom is 0.408 e. The number of aliphatic hydroxyl groups is 1. The molecule has 3 N–H and O–H groups in total. The molecule has 27 heavy (non-hydrogen) atoms. The Morgan fingerprint density at radius 1 is 1.07 bits per heavy atom. The number of nitrogens with one attached hydrogen (secondary N) is 2. The molecule has 0 radical (unpaired) electrons. The van der Waals surface area contributed by atoms with Crippen LogP contribution in [0, 0.1) is 0 Å². The van der Waals surface area contributed by atoms with E-state index >= 15 is 0 Å². The van der Waals surface area contributed by atoms with E-state index < -0.39 is 48.5 Å². The van der Waals surface area contributed by atoms with Crippen LogP contribution in [-0.2, 0) is 0 Å². The lowest BCUT2D eigenvalue weighted by molar-refractivity contribution is -0.138. The zero-order chi connectivity index (χ0) is 20.4. The first-order valence-corrected chi connectivity index (χ1v) is 8.20. The monoisotopic (exact) mass is 399 g/mol. The van der Waals surface area contributed by atoms with E-state index in [2.05, 4.69) is 20.3 Å². The number of alkyl halides is 5. The minimum absolute atomic E-state index is 0.0911. The maximum absolute atomic E-state index is 14.2. The minimum atomic E-state index is -4.61. The number of aliphatic hydroxyl groups excluding tert-OH is 1. The van der Waals surface area contributed by atoms with Gasteiger partial charge < -0.3 is 15.7 Å². The van der Waals surface area contributed by atoms with E-state index in [1.165, 1.54) is 0 Å². The third kappa shape index (κ3) is 5.44. The van der Waals surface area contributed by atoms with E-state index in [1.807, 2.05) is 5.32 Å². The number of rotatable bonds is 6. The van der Waals surface area contributed by atoms with Crippen LogP contribution < -0.4 is 10.6 Å². The van der Waals surface area contributed by atoms with Gasteiger partial charge in [-0.3, -0.25) is 0 Å². The predicted octanol–water partition coefficient (Wildman–Crippen LogP) is 3.53. The van der Waals surface area contributed by atoms with Crippen molar-refractivity contribution in [3.63, 3.8) is 0 Å². The van der Waals surface area contributed by atoms with Gasteiger partial charge in [0.15, 0.2) is 5.82 Å². The van der Waals surface area contributed by atoms with Gasteiger partial charge in [0.2, 0.25) is 11.9 Å². The summed E-state index contributed by atoms with van der Waals surface area (Å²) >= 11 is 0. The Hall–Kier alpha value is -2.11. The molecule has 1 aromatic rings. The number of nitrogens with zero attached hydrogens (tertiary/aromatic N) is 3. The van der Waals surface area contributed by atoms with Crippen LogP contribution in [0.25, 0.3) is 5.57 Å². The summed E-state index contributed by atoms with van der Waals surface area (Å²) in [7, 11) is 0. The van der Waals surface area contributed by atoms with Gasteiger partial charge in [0, 0.05) is 5.57 Å². The summed E-state index contributed by atoms with van der Waals surface area (Å²) in [6, 6.07) is -3.44. The van der Waals surface area contributed by atoms with Gasteiger partial charge in [-0.25, -0.2) is 13.2 Å². The van der Waals surface area contributed by atoms with Crippen molar-refractivity contribution < 1.29 is 31.4 Å². The van der Waals surface area contributed by atoms with Crippen molar-refractivity contribution in [3.05, 3.63) is 11.7 Å². The van der Waals surface area contributed by atoms with Gasteiger partial charge in [-0.15, -0.1) is 0 Å². The zero-order valence-corrected chi connectivity index (χ0v) is 14.5. The summed E-state index contributed by atoms with van der Waals surface area (Å²) in [4.78, 5) is 11.3.